The summed E-state index contributed by atoms with van der Waals surface area (Å²) in [4.78, 5) is 12.3. The average molecular weight is 309 g/mol. The summed E-state index contributed by atoms with van der Waals surface area (Å²) < 4.78 is 5.39. The van der Waals surface area contributed by atoms with Crippen LogP contribution in [0.4, 0.5) is 11.9 Å². The van der Waals surface area contributed by atoms with Gasteiger partial charge in [0.1, 0.15) is 0 Å². The summed E-state index contributed by atoms with van der Waals surface area (Å²) in [6.07, 6.45) is 0.861. The number of halogens is 1. The smallest absolute Gasteiger partial charge is 0.323 e. The summed E-state index contributed by atoms with van der Waals surface area (Å²) in [5.74, 6) is 5.94. The van der Waals surface area contributed by atoms with Gasteiger partial charge in [-0.3, -0.25) is 5.43 Å². The number of aromatic nitrogens is 3. The Hall–Kier alpha value is -2.12. The van der Waals surface area contributed by atoms with Crippen LogP contribution < -0.4 is 21.3 Å². The van der Waals surface area contributed by atoms with E-state index >= 15 is 0 Å². The first kappa shape index (κ1) is 15.3. The van der Waals surface area contributed by atoms with Gasteiger partial charge in [-0.05, 0) is 18.1 Å². The molecule has 8 heteroatoms. The second kappa shape index (κ2) is 7.61. The molecule has 0 radical (unpaired) electrons. The Morgan fingerprint density at radius 3 is 2.67 bits per heavy atom. The van der Waals surface area contributed by atoms with Crippen LogP contribution in [0.25, 0.3) is 0 Å². The van der Waals surface area contributed by atoms with Crippen molar-refractivity contribution in [3.8, 4) is 6.01 Å². The van der Waals surface area contributed by atoms with Gasteiger partial charge in [0.25, 0.3) is 0 Å². The van der Waals surface area contributed by atoms with E-state index in [2.05, 4.69) is 25.7 Å². The summed E-state index contributed by atoms with van der Waals surface area (Å²) in [7, 11) is 0. The molecule has 0 aliphatic rings. The van der Waals surface area contributed by atoms with Crippen molar-refractivity contribution in [2.24, 2.45) is 5.84 Å². The normalized spacial score (nSPS) is 10.2. The van der Waals surface area contributed by atoms with Gasteiger partial charge in [0.15, 0.2) is 0 Å². The zero-order valence-corrected chi connectivity index (χ0v) is 12.4. The maximum Gasteiger partial charge on any atom is 0.323 e. The summed E-state index contributed by atoms with van der Waals surface area (Å²) in [6.45, 7) is 3.01. The molecule has 0 unspecified atom stereocenters. The fourth-order valence-electron chi connectivity index (χ4n) is 1.57. The molecule has 0 fully saturated rings. The maximum absolute atomic E-state index is 6.10. The van der Waals surface area contributed by atoms with Crippen molar-refractivity contribution in [1.82, 2.24) is 15.0 Å². The van der Waals surface area contributed by atoms with Crippen LogP contribution in [0.3, 0.4) is 0 Å². The molecule has 0 atom stereocenters. The van der Waals surface area contributed by atoms with E-state index in [9.17, 15) is 0 Å². The predicted octanol–water partition coefficient (Wildman–Crippen LogP) is 2.21. The van der Waals surface area contributed by atoms with E-state index < -0.39 is 0 Å². The lowest BCUT2D eigenvalue weighted by atomic mass is 10.2. The molecule has 1 aromatic heterocycles. The van der Waals surface area contributed by atoms with Crippen LogP contribution in [0.2, 0.25) is 5.02 Å². The minimum atomic E-state index is 0.224. The highest BCUT2D eigenvalue weighted by Crippen LogP contribution is 2.17. The highest BCUT2D eigenvalue weighted by Gasteiger charge is 2.07. The maximum atomic E-state index is 6.10. The van der Waals surface area contributed by atoms with Crippen molar-refractivity contribution in [3.63, 3.8) is 0 Å². The molecule has 0 saturated carbocycles. The van der Waals surface area contributed by atoms with Gasteiger partial charge >= 0.3 is 6.01 Å². The Labute approximate surface area is 127 Å². The fourth-order valence-corrected chi connectivity index (χ4v) is 1.78. The zero-order valence-electron chi connectivity index (χ0n) is 11.6. The third-order valence-electron chi connectivity index (χ3n) is 2.57. The van der Waals surface area contributed by atoms with Crippen molar-refractivity contribution in [2.75, 3.05) is 17.3 Å². The van der Waals surface area contributed by atoms with Crippen molar-refractivity contribution in [2.45, 2.75) is 19.9 Å². The van der Waals surface area contributed by atoms with E-state index in [1.165, 1.54) is 0 Å². The first-order chi connectivity index (χ1) is 10.2. The molecule has 2 rings (SSSR count). The number of hydrogen-bond donors (Lipinski definition) is 3. The van der Waals surface area contributed by atoms with Crippen LogP contribution in [0, 0.1) is 0 Å². The SMILES string of the molecule is CCCOc1nc(NN)nc(NCc2ccccc2Cl)n1. The van der Waals surface area contributed by atoms with Crippen molar-refractivity contribution < 1.29 is 4.74 Å². The van der Waals surface area contributed by atoms with Crippen LogP contribution in [-0.2, 0) is 6.54 Å². The second-order valence-corrected chi connectivity index (χ2v) is 4.61. The third kappa shape index (κ3) is 4.44. The number of nitrogens with two attached hydrogens (primary N) is 1. The largest absolute Gasteiger partial charge is 0.463 e. The van der Waals surface area contributed by atoms with Gasteiger partial charge in [0, 0.05) is 11.6 Å². The fraction of sp³-hybridized carbons (Fsp3) is 0.308. The van der Waals surface area contributed by atoms with Gasteiger partial charge in [-0.1, -0.05) is 36.7 Å². The van der Waals surface area contributed by atoms with E-state index in [-0.39, 0.29) is 12.0 Å². The van der Waals surface area contributed by atoms with Crippen molar-refractivity contribution in [1.29, 1.82) is 0 Å². The number of ether oxygens (including phenoxy) is 1. The molecule has 1 aromatic carbocycles. The number of rotatable bonds is 7. The number of anilines is 2. The molecule has 0 amide bonds. The van der Waals surface area contributed by atoms with Gasteiger partial charge < -0.3 is 10.1 Å². The minimum Gasteiger partial charge on any atom is -0.463 e. The lowest BCUT2D eigenvalue weighted by molar-refractivity contribution is 0.292. The standard InChI is InChI=1S/C13H17ClN6O/c1-2-7-21-13-18-11(17-12(19-13)20-15)16-8-9-5-3-4-6-10(9)14/h3-6H,2,7-8,15H2,1H3,(H2,16,17,18,19,20). The van der Waals surface area contributed by atoms with Gasteiger partial charge in [-0.2, -0.15) is 15.0 Å². The van der Waals surface area contributed by atoms with Crippen LogP contribution in [-0.4, -0.2) is 21.6 Å². The summed E-state index contributed by atoms with van der Waals surface area (Å²) in [5.41, 5.74) is 3.33. The summed E-state index contributed by atoms with van der Waals surface area (Å²) >= 11 is 6.10. The Bertz CT molecular complexity index is 595. The zero-order chi connectivity index (χ0) is 15.1. The molecule has 21 heavy (non-hydrogen) atoms. The first-order valence-corrected chi connectivity index (χ1v) is 6.93. The van der Waals surface area contributed by atoms with E-state index in [4.69, 9.17) is 22.2 Å². The molecule has 0 saturated heterocycles. The summed E-state index contributed by atoms with van der Waals surface area (Å²) in [5, 5.41) is 3.75. The van der Waals surface area contributed by atoms with Gasteiger partial charge in [0.2, 0.25) is 11.9 Å². The summed E-state index contributed by atoms with van der Waals surface area (Å²) in [6, 6.07) is 7.77. The van der Waals surface area contributed by atoms with Gasteiger partial charge in [-0.15, -0.1) is 0 Å². The quantitative estimate of drug-likeness (QED) is 0.533. The van der Waals surface area contributed by atoms with E-state index in [0.29, 0.717) is 24.1 Å². The average Bonchev–Trinajstić information content (AvgIpc) is 2.52. The molecule has 0 spiro atoms. The Kier molecular flexibility index (Phi) is 5.53. The van der Waals surface area contributed by atoms with Gasteiger partial charge in [0.05, 0.1) is 6.61 Å². The van der Waals surface area contributed by atoms with Gasteiger partial charge in [-0.25, -0.2) is 5.84 Å². The molecule has 2 aromatic rings. The van der Waals surface area contributed by atoms with Crippen molar-refractivity contribution in [3.05, 3.63) is 34.9 Å². The van der Waals surface area contributed by atoms with E-state index in [1.807, 2.05) is 31.2 Å². The van der Waals surface area contributed by atoms with Crippen LogP contribution in [0.15, 0.2) is 24.3 Å². The molecular formula is C13H17ClN6O. The minimum absolute atomic E-state index is 0.224. The second-order valence-electron chi connectivity index (χ2n) is 4.20. The number of nitrogens with zero attached hydrogens (tertiary/aromatic N) is 3. The number of nitrogen functional groups attached to an aromatic ring is 1. The van der Waals surface area contributed by atoms with E-state index in [1.54, 1.807) is 0 Å². The number of hydrazine groups is 1. The number of nitrogens with one attached hydrogen (secondary N) is 2. The lowest BCUT2D eigenvalue weighted by Crippen LogP contribution is -2.14. The van der Waals surface area contributed by atoms with Crippen LogP contribution in [0.1, 0.15) is 18.9 Å². The monoisotopic (exact) mass is 308 g/mol. The highest BCUT2D eigenvalue weighted by atomic mass is 35.5. The third-order valence-corrected chi connectivity index (χ3v) is 2.94. The van der Waals surface area contributed by atoms with Crippen molar-refractivity contribution >= 4 is 23.5 Å². The van der Waals surface area contributed by atoms with Crippen LogP contribution in [0.5, 0.6) is 6.01 Å². The van der Waals surface area contributed by atoms with Crippen LogP contribution >= 0.6 is 11.6 Å². The lowest BCUT2D eigenvalue weighted by Gasteiger charge is -2.09. The molecule has 1 heterocycles. The van der Waals surface area contributed by atoms with E-state index in [0.717, 1.165) is 12.0 Å². The predicted molar refractivity (Wildman–Crippen MR) is 82.2 cm³/mol. The molecule has 0 aliphatic heterocycles. The Morgan fingerprint density at radius 1 is 1.19 bits per heavy atom. The topological polar surface area (TPSA) is 98.0 Å². The molecule has 112 valence electrons. The molecule has 0 bridgehead atoms. The Morgan fingerprint density at radius 2 is 1.95 bits per heavy atom. The Balaban J connectivity index is 2.09. The molecular weight excluding hydrogens is 292 g/mol. The number of hydrogen-bond acceptors (Lipinski definition) is 7. The molecule has 0 aliphatic carbocycles. The molecule has 4 N–H and O–H groups in total. The first-order valence-electron chi connectivity index (χ1n) is 6.55. The molecule has 7 nitrogen and oxygen atoms in total. The highest BCUT2D eigenvalue weighted by molar-refractivity contribution is 6.31. The number of benzene rings is 1.